The van der Waals surface area contributed by atoms with Gasteiger partial charge in [0.05, 0.1) is 0 Å². The monoisotopic (exact) mass is 207 g/mol. The van der Waals surface area contributed by atoms with Crippen LogP contribution in [0, 0.1) is 0 Å². The fourth-order valence-corrected chi connectivity index (χ4v) is 0.770. The molecule has 0 aliphatic carbocycles. The molecule has 0 unspecified atom stereocenters. The van der Waals surface area contributed by atoms with Crippen molar-refractivity contribution in [1.82, 2.24) is 0 Å². The minimum atomic E-state index is 0. The van der Waals surface area contributed by atoms with E-state index in [9.17, 15) is 0 Å². The molecule has 0 saturated carbocycles. The van der Waals surface area contributed by atoms with Crippen molar-refractivity contribution in [2.24, 2.45) is 0 Å². The van der Waals surface area contributed by atoms with Gasteiger partial charge in [-0.3, -0.25) is 0 Å². The molecule has 0 heterocycles. The van der Waals surface area contributed by atoms with Gasteiger partial charge < -0.3 is 0 Å². The van der Waals surface area contributed by atoms with E-state index in [-0.39, 0.29) is 18.6 Å². The summed E-state index contributed by atoms with van der Waals surface area (Å²) in [5.74, 6) is 0. The van der Waals surface area contributed by atoms with Crippen LogP contribution in [0.15, 0.2) is 72.8 Å². The molecule has 0 spiro atoms. The molecule has 0 aliphatic heterocycles. The van der Waals surface area contributed by atoms with E-state index in [2.05, 4.69) is 0 Å². The van der Waals surface area contributed by atoms with Crippen LogP contribution in [-0.2, 0) is 18.6 Å². The van der Waals surface area contributed by atoms with Gasteiger partial charge in [-0.1, -0.05) is 72.8 Å². The average Bonchev–Trinajstić information content (AvgIpc) is 2.24. The van der Waals surface area contributed by atoms with Crippen LogP contribution in [0.1, 0.15) is 0 Å². The van der Waals surface area contributed by atoms with Crippen LogP contribution in [0.5, 0.6) is 0 Å². The topological polar surface area (TPSA) is 0 Å². The minimum Gasteiger partial charge on any atom is -0.0623 e. The predicted octanol–water partition coefficient (Wildman–Crippen LogP) is 3.37. The van der Waals surface area contributed by atoms with E-state index in [1.54, 1.807) is 0 Å². The van der Waals surface area contributed by atoms with Crippen LogP contribution in [0.3, 0.4) is 0 Å². The minimum absolute atomic E-state index is 0. The van der Waals surface area contributed by atoms with Crippen LogP contribution < -0.4 is 0 Å². The molecule has 0 saturated heterocycles. The Morgan fingerprint density at radius 2 is 0.308 bits per heavy atom. The van der Waals surface area contributed by atoms with Crippen molar-refractivity contribution in [1.29, 1.82) is 0 Å². The van der Waals surface area contributed by atoms with Crippen molar-refractivity contribution in [3.63, 3.8) is 0 Å². The zero-order valence-corrected chi connectivity index (χ0v) is 8.77. The average molecular weight is 207 g/mol. The van der Waals surface area contributed by atoms with Gasteiger partial charge in [-0.05, 0) is 0 Å². The third-order valence-electron chi connectivity index (χ3n) is 1.33. The molecular formula is C12H12V. The first-order chi connectivity index (χ1) is 6.00. The molecule has 0 aliphatic rings. The first-order valence-electron chi connectivity index (χ1n) is 4.00. The standard InChI is InChI=1S/2C6H6.V/c2*1-2-4-6-5-3-1;/h2*1-6H;. The van der Waals surface area contributed by atoms with Gasteiger partial charge in [0.25, 0.3) is 0 Å². The van der Waals surface area contributed by atoms with Gasteiger partial charge in [0.15, 0.2) is 0 Å². The Hall–Kier alpha value is -0.976. The zero-order valence-electron chi connectivity index (χ0n) is 7.38. The van der Waals surface area contributed by atoms with Crippen molar-refractivity contribution in [2.75, 3.05) is 0 Å². The third kappa shape index (κ3) is 7.39. The molecular weight excluding hydrogens is 195 g/mol. The Labute approximate surface area is 91.5 Å². The van der Waals surface area contributed by atoms with Crippen molar-refractivity contribution in [2.45, 2.75) is 0 Å². The van der Waals surface area contributed by atoms with E-state index in [1.807, 2.05) is 72.8 Å². The molecule has 2 aromatic rings. The largest absolute Gasteiger partial charge is 0.0623 e. The molecule has 0 amide bonds. The quantitative estimate of drug-likeness (QED) is 0.621. The summed E-state index contributed by atoms with van der Waals surface area (Å²) in [5.41, 5.74) is 0. The van der Waals surface area contributed by atoms with E-state index >= 15 is 0 Å². The summed E-state index contributed by atoms with van der Waals surface area (Å²) < 4.78 is 0. The SMILES string of the molecule is [V].c1ccccc1.c1ccccc1. The van der Waals surface area contributed by atoms with Gasteiger partial charge in [0.1, 0.15) is 0 Å². The molecule has 0 atom stereocenters. The van der Waals surface area contributed by atoms with Crippen LogP contribution in [0.25, 0.3) is 0 Å². The maximum absolute atomic E-state index is 2.00. The van der Waals surface area contributed by atoms with Crippen molar-refractivity contribution < 1.29 is 18.6 Å². The van der Waals surface area contributed by atoms with Gasteiger partial charge in [-0.15, -0.1) is 0 Å². The summed E-state index contributed by atoms with van der Waals surface area (Å²) in [6.07, 6.45) is 0. The molecule has 1 radical (unpaired) electrons. The Kier molecular flexibility index (Phi) is 8.43. The summed E-state index contributed by atoms with van der Waals surface area (Å²) in [7, 11) is 0. The molecule has 1 heteroatoms. The summed E-state index contributed by atoms with van der Waals surface area (Å²) in [6.45, 7) is 0. The van der Waals surface area contributed by atoms with Crippen molar-refractivity contribution in [3.8, 4) is 0 Å². The van der Waals surface area contributed by atoms with Gasteiger partial charge in [-0.2, -0.15) is 0 Å². The first kappa shape index (κ1) is 12.0. The van der Waals surface area contributed by atoms with Crippen LogP contribution in [0.4, 0.5) is 0 Å². The van der Waals surface area contributed by atoms with E-state index in [0.717, 1.165) is 0 Å². The number of hydrogen-bond acceptors (Lipinski definition) is 0. The van der Waals surface area contributed by atoms with Crippen LogP contribution in [-0.4, -0.2) is 0 Å². The number of rotatable bonds is 0. The molecule has 0 nitrogen and oxygen atoms in total. The molecule has 0 aromatic heterocycles. The molecule has 2 aromatic carbocycles. The fraction of sp³-hybridized carbons (Fsp3) is 0. The summed E-state index contributed by atoms with van der Waals surface area (Å²) in [5, 5.41) is 0. The second-order valence-corrected chi connectivity index (χ2v) is 2.31. The van der Waals surface area contributed by atoms with E-state index in [4.69, 9.17) is 0 Å². The molecule has 13 heavy (non-hydrogen) atoms. The second kappa shape index (κ2) is 9.12. The Morgan fingerprint density at radius 3 is 0.385 bits per heavy atom. The summed E-state index contributed by atoms with van der Waals surface area (Å²) >= 11 is 0. The number of benzene rings is 2. The van der Waals surface area contributed by atoms with Gasteiger partial charge in [0.2, 0.25) is 0 Å². The zero-order chi connectivity index (χ0) is 8.49. The predicted molar refractivity (Wildman–Crippen MR) is 52.9 cm³/mol. The molecule has 0 N–H and O–H groups in total. The third-order valence-corrected chi connectivity index (χ3v) is 1.33. The maximum Gasteiger partial charge on any atom is 0 e. The Bertz CT molecular complexity index is 181. The normalized spacial score (nSPS) is 7.38. The van der Waals surface area contributed by atoms with Gasteiger partial charge >= 0.3 is 0 Å². The number of hydrogen-bond donors (Lipinski definition) is 0. The second-order valence-electron chi connectivity index (χ2n) is 2.31. The summed E-state index contributed by atoms with van der Waals surface area (Å²) in [6, 6.07) is 24.0. The van der Waals surface area contributed by atoms with Crippen molar-refractivity contribution in [3.05, 3.63) is 72.8 Å². The fourth-order valence-electron chi connectivity index (χ4n) is 0.770. The van der Waals surface area contributed by atoms with E-state index in [1.165, 1.54) is 0 Å². The van der Waals surface area contributed by atoms with E-state index in [0.29, 0.717) is 0 Å². The van der Waals surface area contributed by atoms with Gasteiger partial charge in [0, 0.05) is 18.6 Å². The molecule has 0 bridgehead atoms. The molecule has 0 fully saturated rings. The Morgan fingerprint density at radius 1 is 0.231 bits per heavy atom. The smallest absolute Gasteiger partial charge is 0 e. The molecule has 65 valence electrons. The summed E-state index contributed by atoms with van der Waals surface area (Å²) in [4.78, 5) is 0. The van der Waals surface area contributed by atoms with E-state index < -0.39 is 0 Å². The van der Waals surface area contributed by atoms with Gasteiger partial charge in [-0.25, -0.2) is 0 Å². The van der Waals surface area contributed by atoms with Crippen LogP contribution >= 0.6 is 0 Å². The first-order valence-corrected chi connectivity index (χ1v) is 4.00. The maximum atomic E-state index is 2.00. The van der Waals surface area contributed by atoms with Crippen molar-refractivity contribution >= 4 is 0 Å². The Balaban J connectivity index is 0.000000206. The van der Waals surface area contributed by atoms with Crippen LogP contribution in [0.2, 0.25) is 0 Å². The molecule has 2 rings (SSSR count).